The summed E-state index contributed by atoms with van der Waals surface area (Å²) in [5.74, 6) is 0.732. The zero-order valence-corrected chi connectivity index (χ0v) is 8.54. The van der Waals surface area contributed by atoms with Gasteiger partial charge in [-0.3, -0.25) is 0 Å². The molecule has 0 bridgehead atoms. The van der Waals surface area contributed by atoms with Crippen LogP contribution in [0.15, 0.2) is 10.6 Å². The first-order valence-corrected chi connectivity index (χ1v) is 4.41. The third-order valence-corrected chi connectivity index (χ3v) is 1.94. The standard InChI is InChI=1S/C7H4Cl2N4O/c1-3-12-13-6(14-3)4-2-10-7(9)11-5(4)8/h2H,1H3. The van der Waals surface area contributed by atoms with E-state index < -0.39 is 0 Å². The second-order valence-electron chi connectivity index (χ2n) is 2.47. The van der Waals surface area contributed by atoms with Gasteiger partial charge in [0.1, 0.15) is 5.15 Å². The minimum absolute atomic E-state index is 0.0787. The van der Waals surface area contributed by atoms with Crippen molar-refractivity contribution >= 4 is 23.2 Å². The molecule has 0 saturated carbocycles. The van der Waals surface area contributed by atoms with Crippen LogP contribution in [0.5, 0.6) is 0 Å². The third kappa shape index (κ3) is 1.69. The van der Waals surface area contributed by atoms with E-state index in [1.807, 2.05) is 0 Å². The maximum absolute atomic E-state index is 5.81. The number of hydrogen-bond donors (Lipinski definition) is 0. The van der Waals surface area contributed by atoms with Crippen molar-refractivity contribution < 1.29 is 4.42 Å². The van der Waals surface area contributed by atoms with Gasteiger partial charge in [0.2, 0.25) is 11.2 Å². The van der Waals surface area contributed by atoms with Crippen LogP contribution in [-0.4, -0.2) is 20.2 Å². The summed E-state index contributed by atoms with van der Waals surface area (Å²) < 4.78 is 5.16. The minimum atomic E-state index is 0.0787. The van der Waals surface area contributed by atoms with Gasteiger partial charge in [0.15, 0.2) is 0 Å². The van der Waals surface area contributed by atoms with Crippen molar-refractivity contribution in [1.29, 1.82) is 0 Å². The van der Waals surface area contributed by atoms with Crippen molar-refractivity contribution in [3.05, 3.63) is 22.5 Å². The van der Waals surface area contributed by atoms with E-state index in [4.69, 9.17) is 27.6 Å². The van der Waals surface area contributed by atoms with Crippen molar-refractivity contribution in [3.63, 3.8) is 0 Å². The molecule has 0 spiro atoms. The topological polar surface area (TPSA) is 64.7 Å². The molecule has 0 atom stereocenters. The Morgan fingerprint density at radius 3 is 2.64 bits per heavy atom. The predicted octanol–water partition coefficient (Wildman–Crippen LogP) is 2.14. The lowest BCUT2D eigenvalue weighted by atomic mass is 10.3. The molecule has 2 rings (SSSR count). The van der Waals surface area contributed by atoms with Gasteiger partial charge in [-0.1, -0.05) is 11.6 Å². The van der Waals surface area contributed by atoms with Crippen LogP contribution in [-0.2, 0) is 0 Å². The summed E-state index contributed by atoms with van der Waals surface area (Å²) in [5, 5.41) is 7.71. The highest BCUT2D eigenvalue weighted by atomic mass is 35.5. The van der Waals surface area contributed by atoms with Crippen LogP contribution in [0.2, 0.25) is 10.4 Å². The molecule has 2 heterocycles. The number of hydrogen-bond acceptors (Lipinski definition) is 5. The van der Waals surface area contributed by atoms with Gasteiger partial charge in [0.05, 0.1) is 5.56 Å². The first-order valence-electron chi connectivity index (χ1n) is 3.65. The van der Waals surface area contributed by atoms with E-state index in [0.717, 1.165) is 0 Å². The summed E-state index contributed by atoms with van der Waals surface area (Å²) in [6.07, 6.45) is 1.44. The highest BCUT2D eigenvalue weighted by Gasteiger charge is 2.12. The molecule has 0 aliphatic rings. The Balaban J connectivity index is 2.52. The van der Waals surface area contributed by atoms with Crippen molar-refractivity contribution in [2.45, 2.75) is 6.92 Å². The van der Waals surface area contributed by atoms with E-state index in [1.54, 1.807) is 6.92 Å². The lowest BCUT2D eigenvalue weighted by Gasteiger charge is -1.96. The van der Waals surface area contributed by atoms with E-state index in [2.05, 4.69) is 20.2 Å². The van der Waals surface area contributed by atoms with E-state index in [9.17, 15) is 0 Å². The molecule has 72 valence electrons. The van der Waals surface area contributed by atoms with Crippen LogP contribution in [0.4, 0.5) is 0 Å². The Hall–Kier alpha value is -1.20. The first-order chi connectivity index (χ1) is 6.66. The molecule has 0 radical (unpaired) electrons. The van der Waals surface area contributed by atoms with Crippen LogP contribution in [0.1, 0.15) is 5.89 Å². The molecule has 2 aromatic rings. The monoisotopic (exact) mass is 230 g/mol. The number of aryl methyl sites for hydroxylation is 1. The molecule has 0 N–H and O–H groups in total. The van der Waals surface area contributed by atoms with Gasteiger partial charge < -0.3 is 4.42 Å². The summed E-state index contributed by atoms with van der Waals surface area (Å²) in [6, 6.07) is 0. The molecule has 14 heavy (non-hydrogen) atoms. The quantitative estimate of drug-likeness (QED) is 0.555. The Bertz CT molecular complexity index is 470. The highest BCUT2D eigenvalue weighted by molar-refractivity contribution is 6.33. The zero-order valence-electron chi connectivity index (χ0n) is 7.03. The van der Waals surface area contributed by atoms with E-state index >= 15 is 0 Å². The Morgan fingerprint density at radius 1 is 1.29 bits per heavy atom. The summed E-state index contributed by atoms with van der Waals surface area (Å²) >= 11 is 11.3. The van der Waals surface area contributed by atoms with Crippen molar-refractivity contribution in [3.8, 4) is 11.5 Å². The van der Waals surface area contributed by atoms with Gasteiger partial charge in [0, 0.05) is 13.1 Å². The Kier molecular flexibility index (Phi) is 2.35. The van der Waals surface area contributed by atoms with Crippen LogP contribution in [0, 0.1) is 6.92 Å². The fourth-order valence-corrected chi connectivity index (χ4v) is 1.28. The molecule has 0 aliphatic carbocycles. The molecule has 0 saturated heterocycles. The summed E-state index contributed by atoms with van der Waals surface area (Å²) in [6.45, 7) is 1.68. The molecule has 0 aliphatic heterocycles. The molecular formula is C7H4Cl2N4O. The molecule has 0 fully saturated rings. The largest absolute Gasteiger partial charge is 0.421 e. The van der Waals surface area contributed by atoms with Crippen LogP contribution in [0.3, 0.4) is 0 Å². The fourth-order valence-electron chi connectivity index (χ4n) is 0.890. The molecule has 0 unspecified atom stereocenters. The minimum Gasteiger partial charge on any atom is -0.421 e. The van der Waals surface area contributed by atoms with Gasteiger partial charge in [-0.05, 0) is 11.6 Å². The van der Waals surface area contributed by atoms with Crippen LogP contribution < -0.4 is 0 Å². The fraction of sp³-hybridized carbons (Fsp3) is 0.143. The SMILES string of the molecule is Cc1nnc(-c2cnc(Cl)nc2Cl)o1. The molecular weight excluding hydrogens is 227 g/mol. The molecule has 0 aromatic carbocycles. The zero-order chi connectivity index (χ0) is 10.1. The maximum atomic E-state index is 5.81. The van der Waals surface area contributed by atoms with Crippen molar-refractivity contribution in [2.24, 2.45) is 0 Å². The van der Waals surface area contributed by atoms with Crippen molar-refractivity contribution in [1.82, 2.24) is 20.2 Å². The van der Waals surface area contributed by atoms with E-state index in [-0.39, 0.29) is 16.3 Å². The van der Waals surface area contributed by atoms with Gasteiger partial charge in [0.25, 0.3) is 5.89 Å². The van der Waals surface area contributed by atoms with Crippen molar-refractivity contribution in [2.75, 3.05) is 0 Å². The molecule has 7 heteroatoms. The van der Waals surface area contributed by atoms with E-state index in [0.29, 0.717) is 11.5 Å². The van der Waals surface area contributed by atoms with Gasteiger partial charge in [-0.25, -0.2) is 9.97 Å². The lowest BCUT2D eigenvalue weighted by Crippen LogP contribution is -1.87. The maximum Gasteiger partial charge on any atom is 0.252 e. The lowest BCUT2D eigenvalue weighted by molar-refractivity contribution is 0.532. The average Bonchev–Trinajstić information content (AvgIpc) is 2.51. The second-order valence-corrected chi connectivity index (χ2v) is 3.17. The number of aromatic nitrogens is 4. The summed E-state index contributed by atoms with van der Waals surface area (Å²) in [5.41, 5.74) is 0.469. The normalized spacial score (nSPS) is 10.5. The Labute approximate surface area is 89.1 Å². The predicted molar refractivity (Wildman–Crippen MR) is 50.1 cm³/mol. The molecule has 2 aromatic heterocycles. The number of nitrogens with zero attached hydrogens (tertiary/aromatic N) is 4. The smallest absolute Gasteiger partial charge is 0.252 e. The number of halogens is 2. The third-order valence-electron chi connectivity index (χ3n) is 1.47. The van der Waals surface area contributed by atoms with Crippen LogP contribution in [0.25, 0.3) is 11.5 Å². The summed E-state index contributed by atoms with van der Waals surface area (Å²) in [4.78, 5) is 7.52. The summed E-state index contributed by atoms with van der Waals surface area (Å²) in [7, 11) is 0. The van der Waals surface area contributed by atoms with Gasteiger partial charge >= 0.3 is 0 Å². The van der Waals surface area contributed by atoms with Gasteiger partial charge in [-0.15, -0.1) is 10.2 Å². The Morgan fingerprint density at radius 2 is 2.07 bits per heavy atom. The van der Waals surface area contributed by atoms with Crippen LogP contribution >= 0.6 is 23.2 Å². The highest BCUT2D eigenvalue weighted by Crippen LogP contribution is 2.24. The van der Waals surface area contributed by atoms with Gasteiger partial charge in [-0.2, -0.15) is 0 Å². The number of rotatable bonds is 1. The van der Waals surface area contributed by atoms with E-state index in [1.165, 1.54) is 6.20 Å². The second kappa shape index (κ2) is 3.51. The first kappa shape index (κ1) is 9.36. The molecule has 5 nitrogen and oxygen atoms in total. The average molecular weight is 231 g/mol. The molecule has 0 amide bonds.